The zero-order valence-electron chi connectivity index (χ0n) is 9.67. The maximum absolute atomic E-state index is 11.3. The highest BCUT2D eigenvalue weighted by molar-refractivity contribution is 7.91. The summed E-state index contributed by atoms with van der Waals surface area (Å²) in [6.45, 7) is 1.68. The van der Waals surface area contributed by atoms with Crippen molar-refractivity contribution in [2.24, 2.45) is 0 Å². The Morgan fingerprint density at radius 2 is 2.24 bits per heavy atom. The molecule has 1 aromatic rings. The standard InChI is InChI=1S/C12H16O4S/c1-9(13)10-3-2-4-11(7-10)16-12-5-6-17(14,15)8-12/h2-4,7,9,12-13H,5-6,8H2,1H3. The zero-order valence-corrected chi connectivity index (χ0v) is 10.5. The van der Waals surface area contributed by atoms with Gasteiger partial charge in [-0.05, 0) is 31.0 Å². The van der Waals surface area contributed by atoms with Crippen LogP contribution in [-0.2, 0) is 9.84 Å². The summed E-state index contributed by atoms with van der Waals surface area (Å²) in [5.74, 6) is 0.908. The zero-order chi connectivity index (χ0) is 12.5. The second-order valence-corrected chi connectivity index (χ2v) is 6.62. The van der Waals surface area contributed by atoms with Crippen molar-refractivity contribution in [3.05, 3.63) is 29.8 Å². The van der Waals surface area contributed by atoms with E-state index in [-0.39, 0.29) is 17.6 Å². The second-order valence-electron chi connectivity index (χ2n) is 4.39. The van der Waals surface area contributed by atoms with Crippen LogP contribution in [0, 0.1) is 0 Å². The Labute approximate surface area is 101 Å². The summed E-state index contributed by atoms with van der Waals surface area (Å²) in [5, 5.41) is 9.44. The second kappa shape index (κ2) is 4.66. The molecule has 1 aliphatic heterocycles. The molecular weight excluding hydrogens is 240 g/mol. The molecule has 0 spiro atoms. The van der Waals surface area contributed by atoms with E-state index in [9.17, 15) is 13.5 Å². The third kappa shape index (κ3) is 3.20. The summed E-state index contributed by atoms with van der Waals surface area (Å²) < 4.78 is 28.2. The van der Waals surface area contributed by atoms with Gasteiger partial charge in [0, 0.05) is 0 Å². The number of rotatable bonds is 3. The lowest BCUT2D eigenvalue weighted by Gasteiger charge is -2.13. The topological polar surface area (TPSA) is 63.6 Å². The van der Waals surface area contributed by atoms with Crippen LogP contribution in [0.1, 0.15) is 25.0 Å². The van der Waals surface area contributed by atoms with Crippen LogP contribution in [0.3, 0.4) is 0 Å². The van der Waals surface area contributed by atoms with Gasteiger partial charge in [0.2, 0.25) is 0 Å². The Hall–Kier alpha value is -1.07. The highest BCUT2D eigenvalue weighted by atomic mass is 32.2. The quantitative estimate of drug-likeness (QED) is 0.885. The molecule has 2 unspecified atom stereocenters. The van der Waals surface area contributed by atoms with E-state index in [1.165, 1.54) is 0 Å². The predicted octanol–water partition coefficient (Wildman–Crippen LogP) is 1.31. The van der Waals surface area contributed by atoms with Crippen LogP contribution in [0.25, 0.3) is 0 Å². The Kier molecular flexibility index (Phi) is 3.40. The summed E-state index contributed by atoms with van der Waals surface area (Å²) in [4.78, 5) is 0. The van der Waals surface area contributed by atoms with E-state index < -0.39 is 15.9 Å². The summed E-state index contributed by atoms with van der Waals surface area (Å²) in [7, 11) is -2.92. The molecule has 1 fully saturated rings. The van der Waals surface area contributed by atoms with E-state index in [4.69, 9.17) is 4.74 Å². The number of hydrogen-bond acceptors (Lipinski definition) is 4. The molecule has 2 atom stereocenters. The molecule has 1 aromatic carbocycles. The van der Waals surface area contributed by atoms with Gasteiger partial charge in [-0.2, -0.15) is 0 Å². The van der Waals surface area contributed by atoms with Gasteiger partial charge in [0.05, 0.1) is 17.6 Å². The molecule has 0 bridgehead atoms. The number of ether oxygens (including phenoxy) is 1. The van der Waals surface area contributed by atoms with Gasteiger partial charge in [-0.25, -0.2) is 8.42 Å². The first kappa shape index (κ1) is 12.4. The summed E-state index contributed by atoms with van der Waals surface area (Å²) >= 11 is 0. The molecule has 5 heteroatoms. The van der Waals surface area contributed by atoms with E-state index in [0.717, 1.165) is 5.56 Å². The van der Waals surface area contributed by atoms with Crippen molar-refractivity contribution in [2.75, 3.05) is 11.5 Å². The van der Waals surface area contributed by atoms with E-state index in [1.807, 2.05) is 6.07 Å². The molecule has 2 rings (SSSR count). The third-order valence-corrected chi connectivity index (χ3v) is 4.57. The minimum atomic E-state index is -2.92. The van der Waals surface area contributed by atoms with Crippen molar-refractivity contribution in [1.29, 1.82) is 0 Å². The van der Waals surface area contributed by atoms with Gasteiger partial charge in [-0.15, -0.1) is 0 Å². The van der Waals surface area contributed by atoms with Crippen LogP contribution in [0.15, 0.2) is 24.3 Å². The van der Waals surface area contributed by atoms with Gasteiger partial charge >= 0.3 is 0 Å². The summed E-state index contributed by atoms with van der Waals surface area (Å²) in [6, 6.07) is 7.12. The van der Waals surface area contributed by atoms with Crippen LogP contribution in [0.5, 0.6) is 5.75 Å². The van der Waals surface area contributed by atoms with Crippen molar-refractivity contribution in [2.45, 2.75) is 25.6 Å². The van der Waals surface area contributed by atoms with Gasteiger partial charge < -0.3 is 9.84 Å². The van der Waals surface area contributed by atoms with E-state index in [2.05, 4.69) is 0 Å². The van der Waals surface area contributed by atoms with Crippen molar-refractivity contribution in [3.8, 4) is 5.75 Å². The Bertz CT molecular complexity index is 493. The van der Waals surface area contributed by atoms with Crippen molar-refractivity contribution in [1.82, 2.24) is 0 Å². The van der Waals surface area contributed by atoms with Crippen molar-refractivity contribution < 1.29 is 18.3 Å². The van der Waals surface area contributed by atoms with Crippen LogP contribution in [0.4, 0.5) is 0 Å². The molecule has 94 valence electrons. The highest BCUT2D eigenvalue weighted by Gasteiger charge is 2.29. The maximum Gasteiger partial charge on any atom is 0.154 e. The van der Waals surface area contributed by atoms with E-state index in [0.29, 0.717) is 12.2 Å². The SMILES string of the molecule is CC(O)c1cccc(OC2CCS(=O)(=O)C2)c1. The first-order chi connectivity index (χ1) is 7.96. The van der Waals surface area contributed by atoms with Gasteiger partial charge in [-0.1, -0.05) is 12.1 Å². The first-order valence-corrected chi connectivity index (χ1v) is 7.43. The maximum atomic E-state index is 11.3. The van der Waals surface area contributed by atoms with E-state index in [1.54, 1.807) is 25.1 Å². The smallest absolute Gasteiger partial charge is 0.154 e. The van der Waals surface area contributed by atoms with Crippen molar-refractivity contribution >= 4 is 9.84 Å². The highest BCUT2D eigenvalue weighted by Crippen LogP contribution is 2.23. The lowest BCUT2D eigenvalue weighted by atomic mass is 10.1. The van der Waals surface area contributed by atoms with Gasteiger partial charge in [-0.3, -0.25) is 0 Å². The Morgan fingerprint density at radius 3 is 2.82 bits per heavy atom. The normalized spacial score (nSPS) is 24.5. The fraction of sp³-hybridized carbons (Fsp3) is 0.500. The van der Waals surface area contributed by atoms with Gasteiger partial charge in [0.1, 0.15) is 11.9 Å². The average Bonchev–Trinajstić information content (AvgIpc) is 2.58. The minimum absolute atomic E-state index is 0.0892. The number of aliphatic hydroxyl groups excluding tert-OH is 1. The molecule has 0 aromatic heterocycles. The number of benzene rings is 1. The molecule has 4 nitrogen and oxygen atoms in total. The number of hydrogen-bond donors (Lipinski definition) is 1. The molecule has 0 aliphatic carbocycles. The first-order valence-electron chi connectivity index (χ1n) is 5.61. The lowest BCUT2D eigenvalue weighted by Crippen LogP contribution is -2.17. The fourth-order valence-electron chi connectivity index (χ4n) is 1.89. The molecule has 0 radical (unpaired) electrons. The average molecular weight is 256 g/mol. The summed E-state index contributed by atoms with van der Waals surface area (Å²) in [5.41, 5.74) is 0.767. The summed E-state index contributed by atoms with van der Waals surface area (Å²) in [6.07, 6.45) is -0.267. The molecule has 1 heterocycles. The van der Waals surface area contributed by atoms with Crippen molar-refractivity contribution in [3.63, 3.8) is 0 Å². The monoisotopic (exact) mass is 256 g/mol. The minimum Gasteiger partial charge on any atom is -0.489 e. The molecule has 0 amide bonds. The van der Waals surface area contributed by atoms with Crippen LogP contribution >= 0.6 is 0 Å². The Balaban J connectivity index is 2.07. The van der Waals surface area contributed by atoms with E-state index >= 15 is 0 Å². The molecule has 17 heavy (non-hydrogen) atoms. The Morgan fingerprint density at radius 1 is 1.47 bits per heavy atom. The number of aliphatic hydroxyl groups is 1. The fourth-order valence-corrected chi connectivity index (χ4v) is 3.48. The molecule has 1 saturated heterocycles. The van der Waals surface area contributed by atoms with Crippen LogP contribution in [-0.4, -0.2) is 31.1 Å². The van der Waals surface area contributed by atoms with Crippen LogP contribution < -0.4 is 4.74 Å². The van der Waals surface area contributed by atoms with Crippen LogP contribution in [0.2, 0.25) is 0 Å². The molecule has 0 saturated carbocycles. The molecular formula is C12H16O4S. The number of sulfone groups is 1. The largest absolute Gasteiger partial charge is 0.489 e. The molecule has 1 N–H and O–H groups in total. The predicted molar refractivity (Wildman–Crippen MR) is 64.8 cm³/mol. The van der Waals surface area contributed by atoms with Gasteiger partial charge in [0.25, 0.3) is 0 Å². The van der Waals surface area contributed by atoms with Gasteiger partial charge in [0.15, 0.2) is 9.84 Å². The third-order valence-electron chi connectivity index (χ3n) is 2.83. The lowest BCUT2D eigenvalue weighted by molar-refractivity contribution is 0.196. The molecule has 1 aliphatic rings.